The van der Waals surface area contributed by atoms with Crippen LogP contribution in [0.2, 0.25) is 0 Å². The maximum absolute atomic E-state index is 13.0. The number of carboxylic acid groups (broad SMARTS) is 1. The molecule has 0 spiro atoms. The number of fused-ring (bicyclic) bond motifs is 1. The zero-order valence-corrected chi connectivity index (χ0v) is 15.4. The fourth-order valence-corrected chi connectivity index (χ4v) is 4.17. The van der Waals surface area contributed by atoms with Gasteiger partial charge in [0.2, 0.25) is 0 Å². The first-order valence-corrected chi connectivity index (χ1v) is 8.60. The fraction of sp³-hybridized carbons (Fsp3) is 0.364. The van der Waals surface area contributed by atoms with E-state index in [4.69, 9.17) is 0 Å². The van der Waals surface area contributed by atoms with Crippen molar-refractivity contribution in [1.29, 1.82) is 0 Å². The number of carbonyl (C=O) groups excluding carboxylic acids is 1. The molecule has 1 unspecified atom stereocenters. The summed E-state index contributed by atoms with van der Waals surface area (Å²) in [5.74, 6) is -0.888. The average Bonchev–Trinajstić information content (AvgIpc) is 2.72. The molecule has 132 valence electrons. The van der Waals surface area contributed by atoms with Gasteiger partial charge in [0, 0.05) is 11.1 Å². The molecule has 4 heteroatoms. The molecule has 0 saturated carbocycles. The van der Waals surface area contributed by atoms with Crippen LogP contribution in [0.25, 0.3) is 0 Å². The van der Waals surface area contributed by atoms with Gasteiger partial charge in [-0.15, -0.1) is 0 Å². The van der Waals surface area contributed by atoms with Gasteiger partial charge < -0.3 is 5.11 Å². The van der Waals surface area contributed by atoms with Gasteiger partial charge in [0.05, 0.1) is 5.56 Å². The van der Waals surface area contributed by atoms with Crippen LogP contribution in [-0.2, 0) is 10.8 Å². The molecular weight excluding hydrogens is 335 g/mol. The van der Waals surface area contributed by atoms with Gasteiger partial charge in [0.1, 0.15) is 0 Å². The number of hydrogen-bond donors (Lipinski definition) is 1. The van der Waals surface area contributed by atoms with Crippen LogP contribution in [0.15, 0.2) is 42.5 Å². The summed E-state index contributed by atoms with van der Waals surface area (Å²) in [7, 11) is 0. The third-order valence-electron chi connectivity index (χ3n) is 6.24. The average molecular weight is 360 g/mol. The van der Waals surface area contributed by atoms with Gasteiger partial charge in [-0.1, -0.05) is 65.0 Å². The second kappa shape index (κ2) is 6.95. The summed E-state index contributed by atoms with van der Waals surface area (Å²) in [5, 5.41) is 9.35. The SMILES string of the molecule is CC1C(C)(C)c2ccc(C(=O)c3ccccc3C(=O)O)cc2C1(C)C.[NaH]. The van der Waals surface area contributed by atoms with Crippen LogP contribution in [-0.4, -0.2) is 46.4 Å². The van der Waals surface area contributed by atoms with Crippen molar-refractivity contribution in [3.63, 3.8) is 0 Å². The Balaban J connectivity index is 0.00000243. The summed E-state index contributed by atoms with van der Waals surface area (Å²) in [6, 6.07) is 12.2. The fourth-order valence-electron chi connectivity index (χ4n) is 4.17. The summed E-state index contributed by atoms with van der Waals surface area (Å²) in [5.41, 5.74) is 3.28. The second-order valence-corrected chi connectivity index (χ2v) is 8.11. The molecule has 2 aromatic carbocycles. The molecule has 0 aliphatic heterocycles. The number of hydrogen-bond acceptors (Lipinski definition) is 2. The Labute approximate surface area is 177 Å². The molecule has 0 amide bonds. The van der Waals surface area contributed by atoms with Crippen molar-refractivity contribution >= 4 is 41.3 Å². The molecule has 1 N–H and O–H groups in total. The number of aromatic carboxylic acids is 1. The van der Waals surface area contributed by atoms with Gasteiger partial charge >= 0.3 is 35.5 Å². The molecule has 1 aliphatic rings. The molecule has 1 atom stereocenters. The van der Waals surface area contributed by atoms with E-state index in [0.717, 1.165) is 0 Å². The van der Waals surface area contributed by atoms with Crippen LogP contribution in [0.5, 0.6) is 0 Å². The Morgan fingerprint density at radius 1 is 0.885 bits per heavy atom. The van der Waals surface area contributed by atoms with Gasteiger partial charge in [0.25, 0.3) is 0 Å². The van der Waals surface area contributed by atoms with E-state index in [0.29, 0.717) is 11.5 Å². The number of carboxylic acids is 1. The van der Waals surface area contributed by atoms with Gasteiger partial charge in [-0.2, -0.15) is 0 Å². The standard InChI is InChI=1S/C22H24O3.Na.H/c1-13-21(2,3)17-11-10-14(12-18(17)22(13,4)5)19(23)15-8-6-7-9-16(15)20(24)25;;/h6-13H,1-5H3,(H,24,25);;. The van der Waals surface area contributed by atoms with Crippen LogP contribution in [0.1, 0.15) is 72.0 Å². The minimum atomic E-state index is -1.08. The number of carbonyl (C=O) groups is 2. The molecule has 3 rings (SSSR count). The molecular formula is C22H25NaO3. The molecule has 0 heterocycles. The first kappa shape index (κ1) is 20.9. The Morgan fingerprint density at radius 2 is 1.42 bits per heavy atom. The van der Waals surface area contributed by atoms with Gasteiger partial charge in [0.15, 0.2) is 5.78 Å². The monoisotopic (exact) mass is 360 g/mol. The number of rotatable bonds is 3. The normalized spacial score (nSPS) is 19.3. The molecule has 26 heavy (non-hydrogen) atoms. The van der Waals surface area contributed by atoms with E-state index in [1.165, 1.54) is 17.2 Å². The van der Waals surface area contributed by atoms with Crippen LogP contribution >= 0.6 is 0 Å². The van der Waals surface area contributed by atoms with E-state index >= 15 is 0 Å². The Hall–Kier alpha value is -1.42. The van der Waals surface area contributed by atoms with Crippen LogP contribution in [0.4, 0.5) is 0 Å². The zero-order chi connectivity index (χ0) is 18.6. The Morgan fingerprint density at radius 3 is 2.00 bits per heavy atom. The van der Waals surface area contributed by atoms with Crippen molar-refractivity contribution < 1.29 is 14.7 Å². The number of ketones is 1. The van der Waals surface area contributed by atoms with Gasteiger partial charge in [-0.05, 0) is 40.0 Å². The van der Waals surface area contributed by atoms with Crippen molar-refractivity contribution in [3.8, 4) is 0 Å². The van der Waals surface area contributed by atoms with Crippen LogP contribution in [0, 0.1) is 5.92 Å². The first-order chi connectivity index (χ1) is 11.6. The first-order valence-electron chi connectivity index (χ1n) is 8.60. The third kappa shape index (κ3) is 3.06. The summed E-state index contributed by atoms with van der Waals surface area (Å²) < 4.78 is 0. The zero-order valence-electron chi connectivity index (χ0n) is 15.4. The second-order valence-electron chi connectivity index (χ2n) is 8.11. The number of benzene rings is 2. The molecule has 0 saturated heterocycles. The van der Waals surface area contributed by atoms with Gasteiger partial charge in [-0.25, -0.2) is 4.79 Å². The Kier molecular flexibility index (Phi) is 5.59. The predicted octanol–water partition coefficient (Wildman–Crippen LogP) is 4.17. The molecule has 0 aromatic heterocycles. The van der Waals surface area contributed by atoms with E-state index in [9.17, 15) is 14.7 Å². The van der Waals surface area contributed by atoms with E-state index in [2.05, 4.69) is 34.6 Å². The molecule has 3 nitrogen and oxygen atoms in total. The van der Waals surface area contributed by atoms with Crippen LogP contribution in [0.3, 0.4) is 0 Å². The van der Waals surface area contributed by atoms with E-state index in [1.54, 1.807) is 18.2 Å². The molecule has 0 bridgehead atoms. The topological polar surface area (TPSA) is 54.4 Å². The summed E-state index contributed by atoms with van der Waals surface area (Å²) in [6.07, 6.45) is 0. The van der Waals surface area contributed by atoms with Crippen LogP contribution < -0.4 is 0 Å². The summed E-state index contributed by atoms with van der Waals surface area (Å²) in [4.78, 5) is 24.4. The molecule has 0 fully saturated rings. The maximum atomic E-state index is 13.0. The molecule has 2 aromatic rings. The van der Waals surface area contributed by atoms with Crippen molar-refractivity contribution in [2.24, 2.45) is 5.92 Å². The van der Waals surface area contributed by atoms with Gasteiger partial charge in [-0.3, -0.25) is 4.79 Å². The van der Waals surface area contributed by atoms with Crippen molar-refractivity contribution in [2.45, 2.75) is 45.4 Å². The van der Waals surface area contributed by atoms with E-state index in [-0.39, 0.29) is 57.3 Å². The summed E-state index contributed by atoms with van der Waals surface area (Å²) >= 11 is 0. The van der Waals surface area contributed by atoms with Crippen molar-refractivity contribution in [1.82, 2.24) is 0 Å². The minimum absolute atomic E-state index is 0. The van der Waals surface area contributed by atoms with E-state index in [1.807, 2.05) is 18.2 Å². The molecule has 1 aliphatic carbocycles. The van der Waals surface area contributed by atoms with E-state index < -0.39 is 5.97 Å². The molecule has 0 radical (unpaired) electrons. The van der Waals surface area contributed by atoms with Crippen molar-refractivity contribution in [2.75, 3.05) is 0 Å². The predicted molar refractivity (Wildman–Crippen MR) is 106 cm³/mol. The third-order valence-corrected chi connectivity index (χ3v) is 6.24. The summed E-state index contributed by atoms with van der Waals surface area (Å²) in [6.45, 7) is 11.2. The Bertz CT molecular complexity index is 881. The van der Waals surface area contributed by atoms with Crippen molar-refractivity contribution in [3.05, 3.63) is 70.3 Å². The quantitative estimate of drug-likeness (QED) is 0.660.